The van der Waals surface area contributed by atoms with Gasteiger partial charge in [-0.2, -0.15) is 0 Å². The second-order valence-corrected chi connectivity index (χ2v) is 5.38. The van der Waals surface area contributed by atoms with Crippen LogP contribution in [0.25, 0.3) is 0 Å². The monoisotopic (exact) mass is 303 g/mol. The van der Waals surface area contributed by atoms with Crippen molar-refractivity contribution in [3.05, 3.63) is 53.6 Å². The molecular weight excluding hydrogens is 282 g/mol. The number of benzene rings is 2. The Morgan fingerprint density at radius 3 is 2.18 bits per heavy atom. The highest BCUT2D eigenvalue weighted by molar-refractivity contribution is 5.40. The molecular formula is C17H21NO4. The van der Waals surface area contributed by atoms with Crippen LogP contribution in [0.3, 0.4) is 0 Å². The number of aliphatic hydroxyl groups is 1. The zero-order valence-corrected chi connectivity index (χ0v) is 12.4. The largest absolute Gasteiger partial charge is 0.508 e. The Labute approximate surface area is 129 Å². The lowest BCUT2D eigenvalue weighted by Crippen LogP contribution is -2.36. The molecule has 0 aromatic heterocycles. The van der Waals surface area contributed by atoms with Crippen molar-refractivity contribution in [1.82, 2.24) is 5.32 Å². The summed E-state index contributed by atoms with van der Waals surface area (Å²) in [5.74, 6) is 0.234. The lowest BCUT2D eigenvalue weighted by atomic mass is 10.0. The SMILES string of the molecule is CC(NC(CO)Cc1ccc(O)cc1)c1ccc(O)cc1O. The van der Waals surface area contributed by atoms with E-state index >= 15 is 0 Å². The molecule has 0 fully saturated rings. The predicted molar refractivity (Wildman–Crippen MR) is 84.0 cm³/mol. The first kappa shape index (κ1) is 16.1. The second kappa shape index (κ2) is 7.15. The Balaban J connectivity index is 2.04. The van der Waals surface area contributed by atoms with Crippen LogP contribution in [0.15, 0.2) is 42.5 Å². The third kappa shape index (κ3) is 4.13. The maximum Gasteiger partial charge on any atom is 0.124 e. The number of aliphatic hydroxyl groups excluding tert-OH is 1. The minimum Gasteiger partial charge on any atom is -0.508 e. The van der Waals surface area contributed by atoms with Crippen molar-refractivity contribution in [2.45, 2.75) is 25.4 Å². The molecule has 0 radical (unpaired) electrons. The fraction of sp³-hybridized carbons (Fsp3) is 0.294. The van der Waals surface area contributed by atoms with E-state index in [9.17, 15) is 20.4 Å². The number of phenols is 3. The van der Waals surface area contributed by atoms with E-state index < -0.39 is 0 Å². The van der Waals surface area contributed by atoms with E-state index in [1.165, 1.54) is 12.1 Å². The zero-order chi connectivity index (χ0) is 16.1. The van der Waals surface area contributed by atoms with Crippen molar-refractivity contribution < 1.29 is 20.4 Å². The van der Waals surface area contributed by atoms with E-state index in [0.717, 1.165) is 5.56 Å². The molecule has 0 aliphatic carbocycles. The van der Waals surface area contributed by atoms with Crippen LogP contribution < -0.4 is 5.32 Å². The van der Waals surface area contributed by atoms with Gasteiger partial charge in [-0.15, -0.1) is 0 Å². The summed E-state index contributed by atoms with van der Waals surface area (Å²) in [5, 5.41) is 41.3. The van der Waals surface area contributed by atoms with Gasteiger partial charge in [0.25, 0.3) is 0 Å². The molecule has 5 heteroatoms. The van der Waals surface area contributed by atoms with Crippen molar-refractivity contribution in [2.24, 2.45) is 0 Å². The number of hydrogen-bond acceptors (Lipinski definition) is 5. The molecule has 0 saturated carbocycles. The van der Waals surface area contributed by atoms with E-state index in [1.807, 2.05) is 19.1 Å². The lowest BCUT2D eigenvalue weighted by Gasteiger charge is -2.23. The molecule has 0 bridgehead atoms. The highest BCUT2D eigenvalue weighted by Crippen LogP contribution is 2.28. The molecule has 2 unspecified atom stereocenters. The maximum absolute atomic E-state index is 9.88. The van der Waals surface area contributed by atoms with Crippen LogP contribution in [0.4, 0.5) is 0 Å². The lowest BCUT2D eigenvalue weighted by molar-refractivity contribution is 0.232. The summed E-state index contributed by atoms with van der Waals surface area (Å²) in [5.41, 5.74) is 1.65. The maximum atomic E-state index is 9.88. The van der Waals surface area contributed by atoms with Crippen LogP contribution in [-0.4, -0.2) is 33.1 Å². The quantitative estimate of drug-likeness (QED) is 0.563. The number of phenolic OH excluding ortho intramolecular Hbond substituents is 3. The molecule has 0 aliphatic heterocycles. The molecule has 5 N–H and O–H groups in total. The van der Waals surface area contributed by atoms with Gasteiger partial charge in [0.05, 0.1) is 6.61 Å². The Kier molecular flexibility index (Phi) is 5.25. The third-order valence-corrected chi connectivity index (χ3v) is 3.61. The molecule has 0 aliphatic rings. The molecule has 0 spiro atoms. The van der Waals surface area contributed by atoms with Gasteiger partial charge in [-0.3, -0.25) is 0 Å². The van der Waals surface area contributed by atoms with Gasteiger partial charge in [0.15, 0.2) is 0 Å². The minimum atomic E-state index is -0.187. The van der Waals surface area contributed by atoms with E-state index in [4.69, 9.17) is 0 Å². The van der Waals surface area contributed by atoms with Crippen LogP contribution >= 0.6 is 0 Å². The van der Waals surface area contributed by atoms with Gasteiger partial charge in [0.2, 0.25) is 0 Å². The van der Waals surface area contributed by atoms with Gasteiger partial charge in [-0.05, 0) is 37.1 Å². The van der Waals surface area contributed by atoms with Crippen molar-refractivity contribution in [3.63, 3.8) is 0 Å². The fourth-order valence-corrected chi connectivity index (χ4v) is 2.43. The van der Waals surface area contributed by atoms with Gasteiger partial charge < -0.3 is 25.7 Å². The number of hydrogen-bond donors (Lipinski definition) is 5. The highest BCUT2D eigenvalue weighted by atomic mass is 16.3. The number of aromatic hydroxyl groups is 3. The molecule has 22 heavy (non-hydrogen) atoms. The first-order chi connectivity index (χ1) is 10.5. The van der Waals surface area contributed by atoms with Crippen molar-refractivity contribution >= 4 is 0 Å². The van der Waals surface area contributed by atoms with E-state index in [1.54, 1.807) is 18.2 Å². The fourth-order valence-electron chi connectivity index (χ4n) is 2.43. The minimum absolute atomic E-state index is 0.0104. The molecule has 0 amide bonds. The molecule has 2 aromatic carbocycles. The van der Waals surface area contributed by atoms with Crippen LogP contribution in [-0.2, 0) is 6.42 Å². The topological polar surface area (TPSA) is 93.0 Å². The van der Waals surface area contributed by atoms with Crippen molar-refractivity contribution in [2.75, 3.05) is 6.61 Å². The van der Waals surface area contributed by atoms with Crippen molar-refractivity contribution in [1.29, 1.82) is 0 Å². The second-order valence-electron chi connectivity index (χ2n) is 5.38. The third-order valence-electron chi connectivity index (χ3n) is 3.61. The summed E-state index contributed by atoms with van der Waals surface area (Å²) in [6.45, 7) is 1.83. The molecule has 2 rings (SSSR count). The molecule has 2 atom stereocenters. The normalized spacial score (nSPS) is 13.7. The van der Waals surface area contributed by atoms with Crippen molar-refractivity contribution in [3.8, 4) is 17.2 Å². The van der Waals surface area contributed by atoms with Crippen LogP contribution in [0, 0.1) is 0 Å². The average Bonchev–Trinajstić information content (AvgIpc) is 2.48. The Morgan fingerprint density at radius 1 is 0.955 bits per heavy atom. The first-order valence-electron chi connectivity index (χ1n) is 7.16. The summed E-state index contributed by atoms with van der Waals surface area (Å²) in [6, 6.07) is 10.9. The van der Waals surface area contributed by atoms with Crippen LogP contribution in [0.1, 0.15) is 24.1 Å². The zero-order valence-electron chi connectivity index (χ0n) is 12.4. The molecule has 2 aromatic rings. The smallest absolute Gasteiger partial charge is 0.124 e. The highest BCUT2D eigenvalue weighted by Gasteiger charge is 2.16. The first-order valence-corrected chi connectivity index (χ1v) is 7.16. The molecule has 118 valence electrons. The summed E-state index contributed by atoms with van der Waals surface area (Å²) in [6.07, 6.45) is 0.597. The van der Waals surface area contributed by atoms with Gasteiger partial charge in [0, 0.05) is 23.7 Å². The standard InChI is InChI=1S/C17H21NO4/c1-11(16-7-6-15(21)9-17(16)22)18-13(10-19)8-12-2-4-14(20)5-3-12/h2-7,9,11,13,18-22H,8,10H2,1H3. The van der Waals surface area contributed by atoms with Crippen LogP contribution in [0.2, 0.25) is 0 Å². The summed E-state index contributed by atoms with van der Waals surface area (Å²) >= 11 is 0. The summed E-state index contributed by atoms with van der Waals surface area (Å²) in [4.78, 5) is 0. The van der Waals surface area contributed by atoms with E-state index in [-0.39, 0.29) is 35.9 Å². The van der Waals surface area contributed by atoms with Crippen LogP contribution in [0.5, 0.6) is 17.2 Å². The molecule has 0 heterocycles. The number of rotatable bonds is 6. The molecule has 5 nitrogen and oxygen atoms in total. The Morgan fingerprint density at radius 2 is 1.59 bits per heavy atom. The summed E-state index contributed by atoms with van der Waals surface area (Å²) in [7, 11) is 0. The van der Waals surface area contributed by atoms with Gasteiger partial charge in [-0.1, -0.05) is 18.2 Å². The Hall–Kier alpha value is -2.24. The van der Waals surface area contributed by atoms with Gasteiger partial charge in [0.1, 0.15) is 17.2 Å². The van der Waals surface area contributed by atoms with E-state index in [0.29, 0.717) is 12.0 Å². The predicted octanol–water partition coefficient (Wildman–Crippen LogP) is 2.06. The van der Waals surface area contributed by atoms with Gasteiger partial charge in [-0.25, -0.2) is 0 Å². The average molecular weight is 303 g/mol. The summed E-state index contributed by atoms with van der Waals surface area (Å²) < 4.78 is 0. The number of nitrogens with one attached hydrogen (secondary N) is 1. The molecule has 0 saturated heterocycles. The van der Waals surface area contributed by atoms with Gasteiger partial charge >= 0.3 is 0 Å². The Bertz CT molecular complexity index is 613. The van der Waals surface area contributed by atoms with E-state index in [2.05, 4.69) is 5.32 Å².